The number of rotatable bonds is 7. The van der Waals surface area contributed by atoms with Gasteiger partial charge in [0.1, 0.15) is 0 Å². The molecule has 0 aromatic heterocycles. The zero-order valence-electron chi connectivity index (χ0n) is 11.7. The molecular weight excluding hydrogens is 330 g/mol. The molecule has 0 radical (unpaired) electrons. The Bertz CT molecular complexity index is 586. The first-order chi connectivity index (χ1) is 10.2. The maximum atomic E-state index is 12.3. The molecule has 0 aliphatic rings. The predicted molar refractivity (Wildman–Crippen MR) is 87.3 cm³/mol. The fourth-order valence-electron chi connectivity index (χ4n) is 2.15. The molecule has 0 bridgehead atoms. The van der Waals surface area contributed by atoms with Gasteiger partial charge < -0.3 is 5.11 Å². The van der Waals surface area contributed by atoms with Gasteiger partial charge in [-0.3, -0.25) is 9.69 Å². The SMILES string of the molecule is O=C(CN(CCO)Cc1ccccc1)c1cccc(Br)c1. The lowest BCUT2D eigenvalue weighted by molar-refractivity contribution is 0.0908. The molecule has 0 unspecified atom stereocenters. The zero-order valence-corrected chi connectivity index (χ0v) is 13.3. The van der Waals surface area contributed by atoms with Gasteiger partial charge in [-0.1, -0.05) is 58.4 Å². The van der Waals surface area contributed by atoms with Gasteiger partial charge in [0.15, 0.2) is 5.78 Å². The second kappa shape index (κ2) is 8.08. The Balaban J connectivity index is 2.04. The lowest BCUT2D eigenvalue weighted by atomic mass is 10.1. The Hall–Kier alpha value is -1.49. The number of hydrogen-bond donors (Lipinski definition) is 1. The molecule has 0 saturated heterocycles. The van der Waals surface area contributed by atoms with Crippen LogP contribution in [0.1, 0.15) is 15.9 Å². The maximum Gasteiger partial charge on any atom is 0.176 e. The van der Waals surface area contributed by atoms with Crippen LogP contribution in [0.25, 0.3) is 0 Å². The summed E-state index contributed by atoms with van der Waals surface area (Å²) in [6.07, 6.45) is 0. The quantitative estimate of drug-likeness (QED) is 0.782. The number of hydrogen-bond acceptors (Lipinski definition) is 3. The van der Waals surface area contributed by atoms with Gasteiger partial charge in [-0.25, -0.2) is 0 Å². The molecule has 4 heteroatoms. The fourth-order valence-corrected chi connectivity index (χ4v) is 2.55. The highest BCUT2D eigenvalue weighted by Crippen LogP contribution is 2.13. The van der Waals surface area contributed by atoms with Crippen LogP contribution in [0, 0.1) is 0 Å². The van der Waals surface area contributed by atoms with Crippen LogP contribution in [0.4, 0.5) is 0 Å². The van der Waals surface area contributed by atoms with E-state index in [-0.39, 0.29) is 12.4 Å². The summed E-state index contributed by atoms with van der Waals surface area (Å²) in [5.74, 6) is 0.0562. The Labute approximate surface area is 133 Å². The van der Waals surface area contributed by atoms with E-state index in [0.29, 0.717) is 25.2 Å². The highest BCUT2D eigenvalue weighted by atomic mass is 79.9. The summed E-state index contributed by atoms with van der Waals surface area (Å²) in [6, 6.07) is 17.3. The van der Waals surface area contributed by atoms with Crippen LogP contribution in [0.2, 0.25) is 0 Å². The van der Waals surface area contributed by atoms with Crippen molar-refractivity contribution in [2.45, 2.75) is 6.54 Å². The molecule has 0 atom stereocenters. The molecule has 0 fully saturated rings. The number of carbonyl (C=O) groups is 1. The second-order valence-electron chi connectivity index (χ2n) is 4.85. The standard InChI is InChI=1S/C17H18BrNO2/c18-16-8-4-7-15(11-16)17(21)13-19(9-10-20)12-14-5-2-1-3-6-14/h1-8,11,20H,9-10,12-13H2. The van der Waals surface area contributed by atoms with E-state index in [1.807, 2.05) is 59.5 Å². The number of benzene rings is 2. The Morgan fingerprint density at radius 1 is 1.10 bits per heavy atom. The Morgan fingerprint density at radius 3 is 2.52 bits per heavy atom. The van der Waals surface area contributed by atoms with Crippen LogP contribution in [0.5, 0.6) is 0 Å². The minimum atomic E-state index is 0.0403. The van der Waals surface area contributed by atoms with E-state index in [2.05, 4.69) is 15.9 Å². The van der Waals surface area contributed by atoms with E-state index >= 15 is 0 Å². The van der Waals surface area contributed by atoms with Crippen molar-refractivity contribution in [2.75, 3.05) is 19.7 Å². The lowest BCUT2D eigenvalue weighted by Gasteiger charge is -2.20. The normalized spacial score (nSPS) is 10.8. The molecular formula is C17H18BrNO2. The minimum absolute atomic E-state index is 0.0403. The summed E-state index contributed by atoms with van der Waals surface area (Å²) in [6.45, 7) is 1.47. The monoisotopic (exact) mass is 347 g/mol. The first-order valence-corrected chi connectivity index (χ1v) is 7.64. The molecule has 0 heterocycles. The van der Waals surface area contributed by atoms with Gasteiger partial charge in [-0.05, 0) is 17.7 Å². The topological polar surface area (TPSA) is 40.5 Å². The highest BCUT2D eigenvalue weighted by Gasteiger charge is 2.13. The minimum Gasteiger partial charge on any atom is -0.395 e. The number of aliphatic hydroxyl groups is 1. The van der Waals surface area contributed by atoms with Crippen molar-refractivity contribution in [1.29, 1.82) is 0 Å². The molecule has 0 amide bonds. The van der Waals surface area contributed by atoms with Gasteiger partial charge in [0.2, 0.25) is 0 Å². The summed E-state index contributed by atoms with van der Waals surface area (Å²) in [7, 11) is 0. The van der Waals surface area contributed by atoms with E-state index < -0.39 is 0 Å². The van der Waals surface area contributed by atoms with Gasteiger partial charge in [0.05, 0.1) is 13.2 Å². The van der Waals surface area contributed by atoms with Crippen LogP contribution in [-0.2, 0) is 6.54 Å². The third kappa shape index (κ3) is 5.08. The van der Waals surface area contributed by atoms with Gasteiger partial charge in [-0.2, -0.15) is 0 Å². The van der Waals surface area contributed by atoms with E-state index in [1.54, 1.807) is 0 Å². The maximum absolute atomic E-state index is 12.3. The van der Waals surface area contributed by atoms with Crippen LogP contribution >= 0.6 is 15.9 Å². The average Bonchev–Trinajstić information content (AvgIpc) is 2.48. The van der Waals surface area contributed by atoms with Gasteiger partial charge in [0, 0.05) is 23.1 Å². The number of carbonyl (C=O) groups excluding carboxylic acids is 1. The summed E-state index contributed by atoms with van der Waals surface area (Å²) >= 11 is 3.38. The molecule has 2 aromatic rings. The van der Waals surface area contributed by atoms with Crippen molar-refractivity contribution in [1.82, 2.24) is 4.90 Å². The van der Waals surface area contributed by atoms with Crippen molar-refractivity contribution in [3.8, 4) is 0 Å². The number of aliphatic hydroxyl groups excluding tert-OH is 1. The number of ketones is 1. The van der Waals surface area contributed by atoms with E-state index in [9.17, 15) is 9.90 Å². The third-order valence-corrected chi connectivity index (χ3v) is 3.67. The lowest BCUT2D eigenvalue weighted by Crippen LogP contribution is -2.32. The van der Waals surface area contributed by atoms with Crippen LogP contribution in [-0.4, -0.2) is 35.5 Å². The third-order valence-electron chi connectivity index (χ3n) is 3.18. The smallest absolute Gasteiger partial charge is 0.176 e. The summed E-state index contributed by atoms with van der Waals surface area (Å²) < 4.78 is 0.894. The molecule has 3 nitrogen and oxygen atoms in total. The van der Waals surface area contributed by atoms with Crippen LogP contribution < -0.4 is 0 Å². The van der Waals surface area contributed by atoms with Crippen molar-refractivity contribution in [3.05, 3.63) is 70.2 Å². The first kappa shape index (κ1) is 15.9. The summed E-state index contributed by atoms with van der Waals surface area (Å²) in [5.41, 5.74) is 1.81. The molecule has 2 aromatic carbocycles. The molecule has 2 rings (SSSR count). The van der Waals surface area contributed by atoms with E-state index in [4.69, 9.17) is 0 Å². The fraction of sp³-hybridized carbons (Fsp3) is 0.235. The zero-order chi connectivity index (χ0) is 15.1. The van der Waals surface area contributed by atoms with Gasteiger partial charge >= 0.3 is 0 Å². The highest BCUT2D eigenvalue weighted by molar-refractivity contribution is 9.10. The molecule has 110 valence electrons. The largest absolute Gasteiger partial charge is 0.395 e. The summed E-state index contributed by atoms with van der Waals surface area (Å²) in [5, 5.41) is 9.18. The molecule has 0 saturated carbocycles. The Morgan fingerprint density at radius 2 is 1.86 bits per heavy atom. The molecule has 0 spiro atoms. The van der Waals surface area contributed by atoms with Crippen molar-refractivity contribution >= 4 is 21.7 Å². The molecule has 1 N–H and O–H groups in total. The van der Waals surface area contributed by atoms with Crippen molar-refractivity contribution in [2.24, 2.45) is 0 Å². The van der Waals surface area contributed by atoms with Crippen LogP contribution in [0.3, 0.4) is 0 Å². The van der Waals surface area contributed by atoms with Gasteiger partial charge in [-0.15, -0.1) is 0 Å². The number of nitrogens with zero attached hydrogens (tertiary/aromatic N) is 1. The number of Topliss-reactive ketones (excluding diaryl/α,β-unsaturated/α-hetero) is 1. The van der Waals surface area contributed by atoms with Gasteiger partial charge in [0.25, 0.3) is 0 Å². The van der Waals surface area contributed by atoms with Crippen LogP contribution in [0.15, 0.2) is 59.1 Å². The second-order valence-corrected chi connectivity index (χ2v) is 5.77. The van der Waals surface area contributed by atoms with Crippen molar-refractivity contribution < 1.29 is 9.90 Å². The Kier molecular flexibility index (Phi) is 6.11. The predicted octanol–water partition coefficient (Wildman–Crippen LogP) is 3.13. The summed E-state index contributed by atoms with van der Waals surface area (Å²) in [4.78, 5) is 14.3. The molecule has 0 aliphatic heterocycles. The van der Waals surface area contributed by atoms with Crippen molar-refractivity contribution in [3.63, 3.8) is 0 Å². The molecule has 21 heavy (non-hydrogen) atoms. The number of halogens is 1. The first-order valence-electron chi connectivity index (χ1n) is 6.85. The average molecular weight is 348 g/mol. The molecule has 0 aliphatic carbocycles. The van der Waals surface area contributed by atoms with E-state index in [1.165, 1.54) is 0 Å². The van der Waals surface area contributed by atoms with E-state index in [0.717, 1.165) is 10.0 Å².